The first-order valence-corrected chi connectivity index (χ1v) is 8.01. The van der Waals surface area contributed by atoms with Gasteiger partial charge in [0.1, 0.15) is 0 Å². The van der Waals surface area contributed by atoms with Crippen LogP contribution in [-0.4, -0.2) is 26.2 Å². The second-order valence-electron chi connectivity index (χ2n) is 5.98. The van der Waals surface area contributed by atoms with Gasteiger partial charge in [0.15, 0.2) is 5.88 Å². The predicted octanol–water partition coefficient (Wildman–Crippen LogP) is 4.24. The standard InChI is InChI=1S/C18H15ClN2O3/c1-8-14(18(23)24)10-3-2-4-11(16(10)20-8)15-12-7-9(19)5-6-13(12)21-17(15)22/h4-7,20-22H,2-3H2,1H3,(H,23,24). The fourth-order valence-electron chi connectivity index (χ4n) is 3.56. The fraction of sp³-hybridized carbons (Fsp3) is 0.167. The highest BCUT2D eigenvalue weighted by molar-refractivity contribution is 6.31. The summed E-state index contributed by atoms with van der Waals surface area (Å²) >= 11 is 6.11. The lowest BCUT2D eigenvalue weighted by molar-refractivity contribution is 0.0695. The first-order valence-electron chi connectivity index (χ1n) is 7.63. The molecule has 1 aliphatic carbocycles. The molecule has 24 heavy (non-hydrogen) atoms. The third-order valence-corrected chi connectivity index (χ3v) is 4.76. The van der Waals surface area contributed by atoms with E-state index in [0.29, 0.717) is 34.7 Å². The SMILES string of the molecule is Cc1[nH]c2c(c1C(=O)O)CCC=C2c1c(O)[nH]c2ccc(Cl)cc12. The number of rotatable bonds is 2. The lowest BCUT2D eigenvalue weighted by Gasteiger charge is -2.14. The molecule has 1 aromatic carbocycles. The van der Waals surface area contributed by atoms with Crippen LogP contribution in [0.5, 0.6) is 5.88 Å². The van der Waals surface area contributed by atoms with Crippen LogP contribution in [0.2, 0.25) is 5.02 Å². The second kappa shape index (κ2) is 5.18. The van der Waals surface area contributed by atoms with Crippen molar-refractivity contribution < 1.29 is 15.0 Å². The third kappa shape index (κ3) is 2.05. The van der Waals surface area contributed by atoms with Crippen molar-refractivity contribution in [1.82, 2.24) is 9.97 Å². The first kappa shape index (κ1) is 14.9. The summed E-state index contributed by atoms with van der Waals surface area (Å²) in [7, 11) is 0. The van der Waals surface area contributed by atoms with Gasteiger partial charge in [-0.05, 0) is 43.5 Å². The maximum Gasteiger partial charge on any atom is 0.337 e. The number of aromatic nitrogens is 2. The summed E-state index contributed by atoms with van der Waals surface area (Å²) in [6, 6.07) is 5.37. The molecule has 0 atom stereocenters. The summed E-state index contributed by atoms with van der Waals surface area (Å²) in [5.74, 6) is -0.882. The van der Waals surface area contributed by atoms with Crippen molar-refractivity contribution in [2.24, 2.45) is 0 Å². The molecule has 4 N–H and O–H groups in total. The number of hydrogen-bond acceptors (Lipinski definition) is 2. The van der Waals surface area contributed by atoms with Gasteiger partial charge in [-0.25, -0.2) is 4.79 Å². The lowest BCUT2D eigenvalue weighted by Crippen LogP contribution is -2.05. The van der Waals surface area contributed by atoms with E-state index >= 15 is 0 Å². The number of benzene rings is 1. The highest BCUT2D eigenvalue weighted by atomic mass is 35.5. The largest absolute Gasteiger partial charge is 0.494 e. The highest BCUT2D eigenvalue weighted by Crippen LogP contribution is 2.41. The van der Waals surface area contributed by atoms with Crippen LogP contribution in [0.25, 0.3) is 16.5 Å². The number of H-pyrrole nitrogens is 2. The maximum absolute atomic E-state index is 11.6. The predicted molar refractivity (Wildman–Crippen MR) is 92.9 cm³/mol. The Balaban J connectivity index is 1.99. The van der Waals surface area contributed by atoms with E-state index in [4.69, 9.17) is 11.6 Å². The number of carboxylic acid groups (broad SMARTS) is 1. The summed E-state index contributed by atoms with van der Waals surface area (Å²) in [5.41, 5.74) is 4.72. The van der Waals surface area contributed by atoms with Gasteiger partial charge in [0.2, 0.25) is 0 Å². The average molecular weight is 343 g/mol. The van der Waals surface area contributed by atoms with Crippen molar-refractivity contribution in [2.45, 2.75) is 19.8 Å². The average Bonchev–Trinajstić information content (AvgIpc) is 3.02. The molecule has 5 nitrogen and oxygen atoms in total. The van der Waals surface area contributed by atoms with Crippen molar-refractivity contribution in [1.29, 1.82) is 0 Å². The quantitative estimate of drug-likeness (QED) is 0.561. The number of fused-ring (bicyclic) bond motifs is 2. The second-order valence-corrected chi connectivity index (χ2v) is 6.42. The molecule has 4 rings (SSSR count). The van der Waals surface area contributed by atoms with Gasteiger partial charge in [-0.2, -0.15) is 0 Å². The molecule has 0 bridgehead atoms. The number of allylic oxidation sites excluding steroid dienone is 1. The minimum atomic E-state index is -0.933. The molecule has 0 aliphatic heterocycles. The van der Waals surface area contributed by atoms with E-state index in [9.17, 15) is 15.0 Å². The van der Waals surface area contributed by atoms with Crippen LogP contribution < -0.4 is 0 Å². The number of halogens is 1. The monoisotopic (exact) mass is 342 g/mol. The Bertz CT molecular complexity index is 1030. The van der Waals surface area contributed by atoms with Gasteiger partial charge in [-0.15, -0.1) is 0 Å². The number of carboxylic acids is 1. The van der Waals surface area contributed by atoms with E-state index in [-0.39, 0.29) is 5.88 Å². The number of aromatic carboxylic acids is 1. The van der Waals surface area contributed by atoms with Crippen molar-refractivity contribution in [3.8, 4) is 5.88 Å². The zero-order valence-electron chi connectivity index (χ0n) is 12.9. The molecule has 1 aliphatic rings. The van der Waals surface area contributed by atoms with Crippen LogP contribution in [0.1, 0.15) is 39.3 Å². The van der Waals surface area contributed by atoms with E-state index in [0.717, 1.165) is 27.7 Å². The molecular weight excluding hydrogens is 328 g/mol. The third-order valence-electron chi connectivity index (χ3n) is 4.53. The summed E-state index contributed by atoms with van der Waals surface area (Å²) < 4.78 is 0. The summed E-state index contributed by atoms with van der Waals surface area (Å²) in [5, 5.41) is 21.3. The Labute approximate surface area is 142 Å². The summed E-state index contributed by atoms with van der Waals surface area (Å²) in [6.45, 7) is 1.76. The molecule has 3 aromatic rings. The molecule has 0 amide bonds. The molecule has 0 radical (unpaired) electrons. The molecule has 122 valence electrons. The molecule has 0 saturated heterocycles. The van der Waals surface area contributed by atoms with Gasteiger partial charge in [-0.1, -0.05) is 17.7 Å². The molecule has 2 aromatic heterocycles. The fourth-order valence-corrected chi connectivity index (χ4v) is 3.73. The van der Waals surface area contributed by atoms with Crippen LogP contribution in [0, 0.1) is 6.92 Å². The maximum atomic E-state index is 11.6. The van der Waals surface area contributed by atoms with Gasteiger partial charge in [0.05, 0.1) is 16.8 Å². The lowest BCUT2D eigenvalue weighted by atomic mass is 9.89. The van der Waals surface area contributed by atoms with Crippen LogP contribution in [0.4, 0.5) is 0 Å². The minimum Gasteiger partial charge on any atom is -0.494 e. The van der Waals surface area contributed by atoms with E-state index in [1.807, 2.05) is 12.1 Å². The Kier molecular flexibility index (Phi) is 3.21. The zero-order valence-corrected chi connectivity index (χ0v) is 13.7. The van der Waals surface area contributed by atoms with Crippen LogP contribution in [0.15, 0.2) is 24.3 Å². The van der Waals surface area contributed by atoms with E-state index in [1.165, 1.54) is 0 Å². The van der Waals surface area contributed by atoms with Crippen LogP contribution in [-0.2, 0) is 6.42 Å². The Morgan fingerprint density at radius 1 is 1.29 bits per heavy atom. The summed E-state index contributed by atoms with van der Waals surface area (Å²) in [4.78, 5) is 17.7. The van der Waals surface area contributed by atoms with Crippen LogP contribution >= 0.6 is 11.6 Å². The molecule has 0 unspecified atom stereocenters. The molecule has 0 spiro atoms. The van der Waals surface area contributed by atoms with Crippen molar-refractivity contribution in [3.63, 3.8) is 0 Å². The first-order chi connectivity index (χ1) is 11.5. The molecule has 2 heterocycles. The number of aryl methyl sites for hydroxylation is 1. The van der Waals surface area contributed by atoms with Crippen molar-refractivity contribution in [3.05, 3.63) is 57.4 Å². The topological polar surface area (TPSA) is 89.1 Å². The number of aromatic amines is 2. The number of aromatic hydroxyl groups is 1. The van der Waals surface area contributed by atoms with Gasteiger partial charge < -0.3 is 20.2 Å². The van der Waals surface area contributed by atoms with E-state index in [1.54, 1.807) is 19.1 Å². The Morgan fingerprint density at radius 3 is 2.83 bits per heavy atom. The molecular formula is C18H15ClN2O3. The van der Waals surface area contributed by atoms with Crippen molar-refractivity contribution >= 4 is 34.0 Å². The Morgan fingerprint density at radius 2 is 2.08 bits per heavy atom. The normalized spacial score (nSPS) is 13.8. The van der Waals surface area contributed by atoms with Gasteiger partial charge >= 0.3 is 5.97 Å². The molecule has 0 fully saturated rings. The number of nitrogens with one attached hydrogen (secondary N) is 2. The molecule has 0 saturated carbocycles. The van der Waals surface area contributed by atoms with E-state index < -0.39 is 5.97 Å². The smallest absolute Gasteiger partial charge is 0.337 e. The minimum absolute atomic E-state index is 0.0514. The van der Waals surface area contributed by atoms with Crippen LogP contribution in [0.3, 0.4) is 0 Å². The number of carbonyl (C=O) groups is 1. The summed E-state index contributed by atoms with van der Waals surface area (Å²) in [6.07, 6.45) is 3.40. The molecule has 6 heteroatoms. The Hall–Kier alpha value is -2.66. The zero-order chi connectivity index (χ0) is 17.0. The van der Waals surface area contributed by atoms with Gasteiger partial charge in [-0.3, -0.25) is 0 Å². The highest BCUT2D eigenvalue weighted by Gasteiger charge is 2.27. The van der Waals surface area contributed by atoms with Crippen molar-refractivity contribution in [2.75, 3.05) is 0 Å². The van der Waals surface area contributed by atoms with Gasteiger partial charge in [0.25, 0.3) is 0 Å². The van der Waals surface area contributed by atoms with E-state index in [2.05, 4.69) is 9.97 Å². The number of hydrogen-bond donors (Lipinski definition) is 4. The van der Waals surface area contributed by atoms with Gasteiger partial charge in [0, 0.05) is 27.2 Å².